The SMILES string of the molecule is C=CCC1C=CCC(CC=C)N1C(=O)C(F)(F)F. The van der Waals surface area contributed by atoms with Crippen LogP contribution in [0.4, 0.5) is 13.2 Å². The van der Waals surface area contributed by atoms with Crippen molar-refractivity contribution in [2.24, 2.45) is 0 Å². The maximum Gasteiger partial charge on any atom is 0.471 e. The summed E-state index contributed by atoms with van der Waals surface area (Å²) in [6.45, 7) is 7.03. The van der Waals surface area contributed by atoms with E-state index in [4.69, 9.17) is 0 Å². The van der Waals surface area contributed by atoms with Gasteiger partial charge in [-0.2, -0.15) is 13.2 Å². The van der Waals surface area contributed by atoms with Gasteiger partial charge in [0.15, 0.2) is 0 Å². The average molecular weight is 259 g/mol. The van der Waals surface area contributed by atoms with Crippen molar-refractivity contribution < 1.29 is 18.0 Å². The van der Waals surface area contributed by atoms with Crippen molar-refractivity contribution in [1.29, 1.82) is 0 Å². The molecule has 2 nitrogen and oxygen atoms in total. The number of hydrogen-bond donors (Lipinski definition) is 0. The first-order valence-corrected chi connectivity index (χ1v) is 5.69. The first-order valence-electron chi connectivity index (χ1n) is 5.69. The number of alkyl halides is 3. The lowest BCUT2D eigenvalue weighted by Crippen LogP contribution is -2.52. The highest BCUT2D eigenvalue weighted by Crippen LogP contribution is 2.28. The summed E-state index contributed by atoms with van der Waals surface area (Å²) in [5.41, 5.74) is 0. The summed E-state index contributed by atoms with van der Waals surface area (Å²) < 4.78 is 37.8. The summed E-state index contributed by atoms with van der Waals surface area (Å²) in [7, 11) is 0. The summed E-state index contributed by atoms with van der Waals surface area (Å²) in [5.74, 6) is -1.79. The maximum atomic E-state index is 12.6. The monoisotopic (exact) mass is 259 g/mol. The Labute approximate surface area is 104 Å². The molecule has 0 radical (unpaired) electrons. The van der Waals surface area contributed by atoms with E-state index in [1.165, 1.54) is 12.2 Å². The second kappa shape index (κ2) is 5.89. The summed E-state index contributed by atoms with van der Waals surface area (Å²) in [5, 5.41) is 0. The zero-order valence-electron chi connectivity index (χ0n) is 9.99. The van der Waals surface area contributed by atoms with Gasteiger partial charge < -0.3 is 4.90 Å². The fourth-order valence-corrected chi connectivity index (χ4v) is 2.10. The van der Waals surface area contributed by atoms with Crippen LogP contribution in [-0.4, -0.2) is 29.1 Å². The Hall–Kier alpha value is -1.52. The van der Waals surface area contributed by atoms with E-state index in [2.05, 4.69) is 13.2 Å². The number of carbonyl (C=O) groups is 1. The molecule has 0 fully saturated rings. The van der Waals surface area contributed by atoms with E-state index in [0.29, 0.717) is 19.3 Å². The fraction of sp³-hybridized carbons (Fsp3) is 0.462. The van der Waals surface area contributed by atoms with Crippen LogP contribution in [0.3, 0.4) is 0 Å². The van der Waals surface area contributed by atoms with Crippen molar-refractivity contribution >= 4 is 5.91 Å². The van der Waals surface area contributed by atoms with Crippen LogP contribution in [0.25, 0.3) is 0 Å². The van der Waals surface area contributed by atoms with Gasteiger partial charge in [-0.25, -0.2) is 0 Å². The lowest BCUT2D eigenvalue weighted by molar-refractivity contribution is -0.189. The molecule has 2 unspecified atom stereocenters. The molecule has 0 N–H and O–H groups in total. The van der Waals surface area contributed by atoms with E-state index in [1.54, 1.807) is 6.08 Å². The Morgan fingerprint density at radius 1 is 1.33 bits per heavy atom. The van der Waals surface area contributed by atoms with Gasteiger partial charge in [-0.05, 0) is 19.3 Å². The molecule has 18 heavy (non-hydrogen) atoms. The van der Waals surface area contributed by atoms with Crippen molar-refractivity contribution in [3.05, 3.63) is 37.5 Å². The van der Waals surface area contributed by atoms with Gasteiger partial charge in [-0.15, -0.1) is 13.2 Å². The second-order valence-corrected chi connectivity index (χ2v) is 4.14. The first-order chi connectivity index (χ1) is 8.41. The minimum atomic E-state index is -4.84. The molecular weight excluding hydrogens is 243 g/mol. The molecule has 0 aliphatic carbocycles. The quantitative estimate of drug-likeness (QED) is 0.710. The Balaban J connectivity index is 3.01. The predicted molar refractivity (Wildman–Crippen MR) is 63.9 cm³/mol. The van der Waals surface area contributed by atoms with Crippen molar-refractivity contribution in [2.75, 3.05) is 0 Å². The van der Waals surface area contributed by atoms with Crippen LogP contribution in [0, 0.1) is 0 Å². The Morgan fingerprint density at radius 3 is 2.44 bits per heavy atom. The van der Waals surface area contributed by atoms with Gasteiger partial charge in [0.25, 0.3) is 0 Å². The number of amides is 1. The molecule has 1 aliphatic rings. The fourth-order valence-electron chi connectivity index (χ4n) is 2.10. The molecule has 0 bridgehead atoms. The van der Waals surface area contributed by atoms with Crippen LogP contribution < -0.4 is 0 Å². The molecule has 0 aromatic rings. The van der Waals surface area contributed by atoms with Gasteiger partial charge in [-0.3, -0.25) is 4.79 Å². The highest BCUT2D eigenvalue weighted by molar-refractivity contribution is 5.83. The Morgan fingerprint density at radius 2 is 1.94 bits per heavy atom. The molecule has 0 saturated heterocycles. The normalized spacial score (nSPS) is 23.8. The topological polar surface area (TPSA) is 20.3 Å². The lowest BCUT2D eigenvalue weighted by atomic mass is 9.97. The highest BCUT2D eigenvalue weighted by atomic mass is 19.4. The van der Waals surface area contributed by atoms with Crippen LogP contribution in [-0.2, 0) is 4.79 Å². The standard InChI is InChI=1S/C13H16F3NO/c1-3-6-10-8-5-9-11(7-4-2)17(10)12(18)13(14,15)16/h3-5,8,10-11H,1-2,6-7,9H2. The third-order valence-electron chi connectivity index (χ3n) is 2.84. The largest absolute Gasteiger partial charge is 0.471 e. The molecule has 1 heterocycles. The molecule has 100 valence electrons. The minimum absolute atomic E-state index is 0.311. The number of carbonyl (C=O) groups excluding carboxylic acids is 1. The third-order valence-corrected chi connectivity index (χ3v) is 2.84. The first kappa shape index (κ1) is 14.5. The summed E-state index contributed by atoms with van der Waals surface area (Å²) >= 11 is 0. The van der Waals surface area contributed by atoms with Crippen LogP contribution in [0.1, 0.15) is 19.3 Å². The van der Waals surface area contributed by atoms with Gasteiger partial charge >= 0.3 is 12.1 Å². The van der Waals surface area contributed by atoms with E-state index < -0.39 is 24.2 Å². The van der Waals surface area contributed by atoms with E-state index in [9.17, 15) is 18.0 Å². The highest BCUT2D eigenvalue weighted by Gasteiger charge is 2.46. The van der Waals surface area contributed by atoms with Crippen molar-refractivity contribution in [3.63, 3.8) is 0 Å². The minimum Gasteiger partial charge on any atom is -0.325 e. The molecule has 5 heteroatoms. The molecule has 1 rings (SSSR count). The molecule has 2 atom stereocenters. The smallest absolute Gasteiger partial charge is 0.325 e. The van der Waals surface area contributed by atoms with Crippen LogP contribution in [0.15, 0.2) is 37.5 Å². The summed E-state index contributed by atoms with van der Waals surface area (Å²) in [6.07, 6.45) is 2.72. The van der Waals surface area contributed by atoms with E-state index >= 15 is 0 Å². The van der Waals surface area contributed by atoms with Gasteiger partial charge in [0.1, 0.15) is 0 Å². The van der Waals surface area contributed by atoms with Gasteiger partial charge in [-0.1, -0.05) is 24.3 Å². The summed E-state index contributed by atoms with van der Waals surface area (Å²) in [6, 6.07) is -1.05. The van der Waals surface area contributed by atoms with Crippen LogP contribution in [0.5, 0.6) is 0 Å². The maximum absolute atomic E-state index is 12.6. The molecular formula is C13H16F3NO. The van der Waals surface area contributed by atoms with Gasteiger partial charge in [0.05, 0.1) is 6.04 Å². The van der Waals surface area contributed by atoms with Gasteiger partial charge in [0.2, 0.25) is 0 Å². The third kappa shape index (κ3) is 3.24. The number of nitrogens with zero attached hydrogens (tertiary/aromatic N) is 1. The van der Waals surface area contributed by atoms with E-state index in [1.807, 2.05) is 6.08 Å². The molecule has 1 aliphatic heterocycles. The van der Waals surface area contributed by atoms with Gasteiger partial charge in [0, 0.05) is 6.04 Å². The van der Waals surface area contributed by atoms with E-state index in [0.717, 1.165) is 4.90 Å². The second-order valence-electron chi connectivity index (χ2n) is 4.14. The molecule has 0 saturated carbocycles. The zero-order valence-corrected chi connectivity index (χ0v) is 9.99. The molecule has 0 aromatic heterocycles. The Kier molecular flexibility index (Phi) is 4.76. The Bertz CT molecular complexity index is 360. The predicted octanol–water partition coefficient (Wildman–Crippen LogP) is 3.23. The zero-order chi connectivity index (χ0) is 13.8. The molecule has 0 aromatic carbocycles. The van der Waals surface area contributed by atoms with Crippen LogP contribution in [0.2, 0.25) is 0 Å². The molecule has 1 amide bonds. The average Bonchev–Trinajstić information content (AvgIpc) is 2.28. The lowest BCUT2D eigenvalue weighted by Gasteiger charge is -2.39. The van der Waals surface area contributed by atoms with E-state index in [-0.39, 0.29) is 0 Å². The van der Waals surface area contributed by atoms with Crippen molar-refractivity contribution in [1.82, 2.24) is 4.90 Å². The number of rotatable bonds is 4. The van der Waals surface area contributed by atoms with Crippen LogP contribution >= 0.6 is 0 Å². The van der Waals surface area contributed by atoms with Crippen molar-refractivity contribution in [3.8, 4) is 0 Å². The number of halogens is 3. The molecule has 0 spiro atoms. The summed E-state index contributed by atoms with van der Waals surface area (Å²) in [4.78, 5) is 12.4. The van der Waals surface area contributed by atoms with Crippen molar-refractivity contribution in [2.45, 2.75) is 37.5 Å². The number of hydrogen-bond acceptors (Lipinski definition) is 1.